The van der Waals surface area contributed by atoms with E-state index in [2.05, 4.69) is 81.5 Å². The fourth-order valence-corrected chi connectivity index (χ4v) is 8.60. The Kier molecular flexibility index (Phi) is 45.5. The second-order valence-electron chi connectivity index (χ2n) is 19.9. The highest BCUT2D eigenvalue weighted by Gasteiger charge is 2.50. The van der Waals surface area contributed by atoms with E-state index in [1.165, 1.54) is 70.6 Å². The molecule has 6 unspecified atom stereocenters. The van der Waals surface area contributed by atoms with Gasteiger partial charge in [-0.1, -0.05) is 216 Å². The number of carboxylic acids is 1. The molecule has 12 nitrogen and oxygen atoms in total. The third-order valence-electron chi connectivity index (χ3n) is 13.1. The number of aliphatic hydroxyl groups is 2. The van der Waals surface area contributed by atoms with E-state index in [0.29, 0.717) is 19.3 Å². The topological polar surface area (TPSA) is 175 Å². The summed E-state index contributed by atoms with van der Waals surface area (Å²) in [5, 5.41) is 31.4. The molecule has 0 aromatic carbocycles. The average Bonchev–Trinajstić information content (AvgIpc) is 3.37. The average molecular weight is 1030 g/mol. The predicted octanol–water partition coefficient (Wildman–Crippen LogP) is 14.8. The number of aliphatic carboxylic acids is 1. The van der Waals surface area contributed by atoms with Crippen molar-refractivity contribution in [2.75, 3.05) is 13.2 Å². The van der Waals surface area contributed by atoms with Gasteiger partial charge in [-0.3, -0.25) is 14.4 Å². The molecule has 1 saturated heterocycles. The van der Waals surface area contributed by atoms with Crippen molar-refractivity contribution in [2.24, 2.45) is 0 Å². The van der Waals surface area contributed by atoms with Crippen LogP contribution in [0.5, 0.6) is 0 Å². The smallest absolute Gasteiger partial charge is 0.335 e. The molecule has 1 heterocycles. The molecule has 0 aromatic heterocycles. The molecule has 12 heteroatoms. The van der Waals surface area contributed by atoms with Crippen molar-refractivity contribution in [1.82, 2.24) is 0 Å². The standard InChI is InChI=1S/C61H104O12/c1-4-7-10-13-16-19-22-25-27-30-32-35-38-41-44-47-53(62)69-50-52(71-54(63)48-45-42-39-36-33-29-24-21-18-15-12-9-6-3)51-70-61-59(57(66)56(65)58(73-61)60(67)68)72-55(64)49-46-43-40-37-34-31-28-26-23-20-17-14-11-8-5-2/h8,11-12,15,17,20-21,24,26,28,52,56-59,61,65-66H,4-7,9-10,13-14,16,18-19,22-23,25,27,29-51H2,1-3H3,(H,67,68)/b11-8-,15-12-,20-17-,24-21-,28-26-. The third-order valence-corrected chi connectivity index (χ3v) is 13.1. The van der Waals surface area contributed by atoms with Gasteiger partial charge >= 0.3 is 23.9 Å². The van der Waals surface area contributed by atoms with Crippen molar-refractivity contribution in [3.8, 4) is 0 Å². The van der Waals surface area contributed by atoms with Crippen molar-refractivity contribution in [2.45, 2.75) is 289 Å². The number of carboxylic acid groups (broad SMARTS) is 1. The van der Waals surface area contributed by atoms with Gasteiger partial charge in [0, 0.05) is 19.3 Å². The summed E-state index contributed by atoms with van der Waals surface area (Å²) in [6, 6.07) is 0. The minimum absolute atomic E-state index is 0.0394. The summed E-state index contributed by atoms with van der Waals surface area (Å²) in [5.74, 6) is -3.15. The first-order chi connectivity index (χ1) is 35.6. The number of carbonyl (C=O) groups is 4. The first kappa shape index (κ1) is 67.4. The van der Waals surface area contributed by atoms with Gasteiger partial charge in [0.1, 0.15) is 18.8 Å². The van der Waals surface area contributed by atoms with Crippen LogP contribution in [-0.2, 0) is 42.9 Å². The second kappa shape index (κ2) is 49.3. The van der Waals surface area contributed by atoms with Crippen LogP contribution in [-0.4, -0.2) is 89.2 Å². The summed E-state index contributed by atoms with van der Waals surface area (Å²) < 4.78 is 28.4. The van der Waals surface area contributed by atoms with E-state index in [1.807, 2.05) is 0 Å². The molecule has 420 valence electrons. The Labute approximate surface area is 443 Å². The summed E-state index contributed by atoms with van der Waals surface area (Å²) in [6.45, 7) is 5.80. The van der Waals surface area contributed by atoms with Crippen molar-refractivity contribution in [3.05, 3.63) is 60.8 Å². The SMILES string of the molecule is CC/C=C\C/C=C\C/C=C\CCCCCCCC(=O)OC1C(OCC(COC(=O)CCCCCCCCCCCCCCCCC)OC(=O)CCCCCCC/C=C\C/C=C\CCC)OC(C(=O)O)C(O)C1O. The number of rotatable bonds is 49. The number of carbonyl (C=O) groups excluding carboxylic acids is 3. The van der Waals surface area contributed by atoms with E-state index in [0.717, 1.165) is 122 Å². The Morgan fingerprint density at radius 3 is 1.37 bits per heavy atom. The molecule has 0 aromatic rings. The van der Waals surface area contributed by atoms with Crippen LogP contribution in [0.3, 0.4) is 0 Å². The number of allylic oxidation sites excluding steroid dienone is 10. The van der Waals surface area contributed by atoms with Gasteiger partial charge in [-0.05, 0) is 77.0 Å². The lowest BCUT2D eigenvalue weighted by molar-refractivity contribution is -0.301. The molecule has 6 atom stereocenters. The van der Waals surface area contributed by atoms with Gasteiger partial charge in [0.25, 0.3) is 0 Å². The highest BCUT2D eigenvalue weighted by molar-refractivity contribution is 5.74. The van der Waals surface area contributed by atoms with E-state index in [9.17, 15) is 34.5 Å². The van der Waals surface area contributed by atoms with Crippen LogP contribution in [0.25, 0.3) is 0 Å². The number of ether oxygens (including phenoxy) is 5. The lowest BCUT2D eigenvalue weighted by atomic mass is 9.98. The molecule has 1 rings (SSSR count). The number of esters is 3. The zero-order valence-electron chi connectivity index (χ0n) is 46.1. The molecule has 3 N–H and O–H groups in total. The second-order valence-corrected chi connectivity index (χ2v) is 19.9. The molecular weight excluding hydrogens is 925 g/mol. The molecule has 0 bridgehead atoms. The van der Waals surface area contributed by atoms with Gasteiger partial charge in [0.15, 0.2) is 24.6 Å². The number of unbranched alkanes of at least 4 members (excludes halogenated alkanes) is 25. The van der Waals surface area contributed by atoms with E-state index >= 15 is 0 Å². The number of hydrogen-bond acceptors (Lipinski definition) is 11. The van der Waals surface area contributed by atoms with Gasteiger partial charge < -0.3 is 39.0 Å². The van der Waals surface area contributed by atoms with Crippen molar-refractivity contribution in [3.63, 3.8) is 0 Å². The maximum atomic E-state index is 13.1. The van der Waals surface area contributed by atoms with Gasteiger partial charge in [0.2, 0.25) is 0 Å². The van der Waals surface area contributed by atoms with Crippen LogP contribution in [0.15, 0.2) is 60.8 Å². The van der Waals surface area contributed by atoms with E-state index in [-0.39, 0.29) is 25.9 Å². The lowest BCUT2D eigenvalue weighted by Crippen LogP contribution is -2.61. The van der Waals surface area contributed by atoms with Gasteiger partial charge in [-0.15, -0.1) is 0 Å². The summed E-state index contributed by atoms with van der Waals surface area (Å²) in [4.78, 5) is 51.1. The van der Waals surface area contributed by atoms with Crippen LogP contribution in [0, 0.1) is 0 Å². The Bertz CT molecular complexity index is 1500. The van der Waals surface area contributed by atoms with E-state index in [1.54, 1.807) is 0 Å². The summed E-state index contributed by atoms with van der Waals surface area (Å²) in [7, 11) is 0. The molecule has 1 aliphatic rings. The molecule has 0 saturated carbocycles. The molecule has 0 amide bonds. The zero-order chi connectivity index (χ0) is 53.3. The molecule has 1 fully saturated rings. The van der Waals surface area contributed by atoms with E-state index < -0.39 is 67.3 Å². The van der Waals surface area contributed by atoms with Crippen LogP contribution in [0.4, 0.5) is 0 Å². The predicted molar refractivity (Wildman–Crippen MR) is 294 cm³/mol. The first-order valence-corrected chi connectivity index (χ1v) is 29.3. The summed E-state index contributed by atoms with van der Waals surface area (Å²) in [6.07, 6.45) is 47.6. The van der Waals surface area contributed by atoms with Crippen molar-refractivity contribution in [1.29, 1.82) is 0 Å². The fraction of sp³-hybridized carbons (Fsp3) is 0.770. The van der Waals surface area contributed by atoms with Gasteiger partial charge in [-0.2, -0.15) is 0 Å². The normalized spacial score (nSPS) is 18.7. The maximum Gasteiger partial charge on any atom is 0.335 e. The lowest BCUT2D eigenvalue weighted by Gasteiger charge is -2.40. The van der Waals surface area contributed by atoms with Crippen LogP contribution < -0.4 is 0 Å². The van der Waals surface area contributed by atoms with Gasteiger partial charge in [-0.25, -0.2) is 4.79 Å². The minimum atomic E-state index is -1.91. The molecule has 1 aliphatic heterocycles. The summed E-state index contributed by atoms with van der Waals surface area (Å²) in [5.41, 5.74) is 0. The summed E-state index contributed by atoms with van der Waals surface area (Å²) >= 11 is 0. The zero-order valence-corrected chi connectivity index (χ0v) is 46.1. The Morgan fingerprint density at radius 1 is 0.466 bits per heavy atom. The minimum Gasteiger partial charge on any atom is -0.479 e. The molecule has 0 aliphatic carbocycles. The first-order valence-electron chi connectivity index (χ1n) is 29.3. The van der Waals surface area contributed by atoms with Gasteiger partial charge in [0.05, 0.1) is 6.61 Å². The highest BCUT2D eigenvalue weighted by atomic mass is 16.7. The van der Waals surface area contributed by atoms with Crippen LogP contribution >= 0.6 is 0 Å². The Balaban J connectivity index is 2.70. The largest absolute Gasteiger partial charge is 0.479 e. The van der Waals surface area contributed by atoms with Crippen LogP contribution in [0.2, 0.25) is 0 Å². The van der Waals surface area contributed by atoms with Crippen molar-refractivity contribution < 1.29 is 58.2 Å². The Hall–Kier alpha value is -3.58. The Morgan fingerprint density at radius 2 is 0.890 bits per heavy atom. The molecule has 0 spiro atoms. The fourth-order valence-electron chi connectivity index (χ4n) is 8.60. The molecule has 0 radical (unpaired) electrons. The molecular formula is C61H104O12. The van der Waals surface area contributed by atoms with Crippen LogP contribution in [0.1, 0.15) is 252 Å². The molecule has 73 heavy (non-hydrogen) atoms. The quantitative estimate of drug-likeness (QED) is 0.0228. The van der Waals surface area contributed by atoms with E-state index in [4.69, 9.17) is 23.7 Å². The highest BCUT2D eigenvalue weighted by Crippen LogP contribution is 2.26. The number of hydrogen-bond donors (Lipinski definition) is 3. The third kappa shape index (κ3) is 39.5. The maximum absolute atomic E-state index is 13.1. The number of aliphatic hydroxyl groups excluding tert-OH is 2. The van der Waals surface area contributed by atoms with Crippen molar-refractivity contribution >= 4 is 23.9 Å². The monoisotopic (exact) mass is 1030 g/mol.